The summed E-state index contributed by atoms with van der Waals surface area (Å²) in [6.07, 6.45) is 4.62. The number of nitrogens with one attached hydrogen (secondary N) is 1. The number of hydrogen-bond acceptors (Lipinski definition) is 2. The molecule has 0 bridgehead atoms. The third kappa shape index (κ3) is 4.52. The molecule has 2 rings (SSSR count). The van der Waals surface area contributed by atoms with Gasteiger partial charge in [0.15, 0.2) is 11.6 Å². The number of halogens is 2. The molecule has 0 radical (unpaired) electrons. The fourth-order valence-corrected chi connectivity index (χ4v) is 1.75. The third-order valence-corrected chi connectivity index (χ3v) is 2.97. The summed E-state index contributed by atoms with van der Waals surface area (Å²) in [6.45, 7) is 1.57. The molecule has 1 saturated carbocycles. The van der Waals surface area contributed by atoms with Crippen LogP contribution in [0.25, 0.3) is 0 Å². The van der Waals surface area contributed by atoms with Gasteiger partial charge in [0.25, 0.3) is 0 Å². The highest BCUT2D eigenvalue weighted by Crippen LogP contribution is 2.21. The smallest absolute Gasteiger partial charge is 0.166 e. The molecule has 1 aliphatic rings. The van der Waals surface area contributed by atoms with Gasteiger partial charge in [0.1, 0.15) is 0 Å². The molecule has 1 N–H and O–H groups in total. The van der Waals surface area contributed by atoms with Crippen LogP contribution in [0.2, 0.25) is 5.02 Å². The fourth-order valence-electron chi connectivity index (χ4n) is 1.60. The maximum Gasteiger partial charge on any atom is 0.166 e. The van der Waals surface area contributed by atoms with E-state index in [4.69, 9.17) is 16.3 Å². The number of rotatable bonds is 7. The van der Waals surface area contributed by atoms with Gasteiger partial charge in [0.2, 0.25) is 0 Å². The summed E-state index contributed by atoms with van der Waals surface area (Å²) in [4.78, 5) is 0. The van der Waals surface area contributed by atoms with E-state index in [2.05, 4.69) is 5.32 Å². The van der Waals surface area contributed by atoms with E-state index in [1.807, 2.05) is 0 Å². The molecule has 1 aromatic carbocycles. The Kier molecular flexibility index (Phi) is 4.63. The van der Waals surface area contributed by atoms with Crippen molar-refractivity contribution in [2.45, 2.75) is 31.7 Å². The number of ether oxygens (including phenoxy) is 1. The quantitative estimate of drug-likeness (QED) is 0.756. The van der Waals surface area contributed by atoms with Crippen LogP contribution in [0.5, 0.6) is 5.75 Å². The summed E-state index contributed by atoms with van der Waals surface area (Å²) in [5.74, 6) is -0.113. The maximum absolute atomic E-state index is 13.3. The van der Waals surface area contributed by atoms with E-state index in [1.165, 1.54) is 18.9 Å². The normalized spacial score (nSPS) is 14.9. The summed E-state index contributed by atoms with van der Waals surface area (Å²) < 4.78 is 18.7. The van der Waals surface area contributed by atoms with Crippen molar-refractivity contribution in [3.8, 4) is 5.75 Å². The van der Waals surface area contributed by atoms with Gasteiger partial charge >= 0.3 is 0 Å². The zero-order valence-electron chi connectivity index (χ0n) is 9.72. The summed E-state index contributed by atoms with van der Waals surface area (Å²) >= 11 is 5.65. The first-order valence-electron chi connectivity index (χ1n) is 6.07. The summed E-state index contributed by atoms with van der Waals surface area (Å²) in [7, 11) is 0. The molecule has 1 aliphatic carbocycles. The van der Waals surface area contributed by atoms with Gasteiger partial charge in [-0.1, -0.05) is 11.6 Å². The second-order valence-corrected chi connectivity index (χ2v) is 4.80. The van der Waals surface area contributed by atoms with Crippen molar-refractivity contribution in [1.82, 2.24) is 5.32 Å². The SMILES string of the molecule is Fc1cc(Cl)ccc1OCCCCNC1CC1. The molecule has 94 valence electrons. The van der Waals surface area contributed by atoms with Crippen LogP contribution in [0.15, 0.2) is 18.2 Å². The van der Waals surface area contributed by atoms with Gasteiger partial charge < -0.3 is 10.1 Å². The van der Waals surface area contributed by atoms with Crippen molar-refractivity contribution in [2.24, 2.45) is 0 Å². The lowest BCUT2D eigenvalue weighted by molar-refractivity contribution is 0.291. The van der Waals surface area contributed by atoms with Crippen LogP contribution < -0.4 is 10.1 Å². The molecule has 0 unspecified atom stereocenters. The average Bonchev–Trinajstić information content (AvgIpc) is 3.09. The number of hydrogen-bond donors (Lipinski definition) is 1. The molecule has 0 atom stereocenters. The fraction of sp³-hybridized carbons (Fsp3) is 0.538. The second kappa shape index (κ2) is 6.22. The highest BCUT2D eigenvalue weighted by Gasteiger charge is 2.19. The first kappa shape index (κ1) is 12.7. The van der Waals surface area contributed by atoms with Gasteiger partial charge in [-0.25, -0.2) is 4.39 Å². The summed E-state index contributed by atoms with van der Waals surface area (Å²) in [6, 6.07) is 5.23. The number of unbranched alkanes of at least 4 members (excludes halogenated alkanes) is 1. The van der Waals surface area contributed by atoms with E-state index >= 15 is 0 Å². The molecule has 0 amide bonds. The van der Waals surface area contributed by atoms with Crippen LogP contribution in [0.3, 0.4) is 0 Å². The van der Waals surface area contributed by atoms with Crippen molar-refractivity contribution in [3.63, 3.8) is 0 Å². The van der Waals surface area contributed by atoms with Crippen molar-refractivity contribution >= 4 is 11.6 Å². The minimum absolute atomic E-state index is 0.282. The Labute approximate surface area is 106 Å². The molecule has 2 nitrogen and oxygen atoms in total. The van der Waals surface area contributed by atoms with Crippen molar-refractivity contribution < 1.29 is 9.13 Å². The zero-order chi connectivity index (χ0) is 12.1. The molecule has 0 spiro atoms. The van der Waals surface area contributed by atoms with Crippen LogP contribution in [0.1, 0.15) is 25.7 Å². The highest BCUT2D eigenvalue weighted by atomic mass is 35.5. The lowest BCUT2D eigenvalue weighted by Gasteiger charge is -2.07. The van der Waals surface area contributed by atoms with E-state index in [9.17, 15) is 4.39 Å². The topological polar surface area (TPSA) is 21.3 Å². The molecular formula is C13H17ClFNO. The van der Waals surface area contributed by atoms with Gasteiger partial charge in [0.05, 0.1) is 6.61 Å². The Bertz CT molecular complexity index is 368. The predicted molar refractivity (Wildman–Crippen MR) is 67.2 cm³/mol. The molecule has 1 fully saturated rings. The second-order valence-electron chi connectivity index (χ2n) is 4.36. The third-order valence-electron chi connectivity index (χ3n) is 2.73. The average molecular weight is 258 g/mol. The summed E-state index contributed by atoms with van der Waals surface area (Å²) in [5, 5.41) is 3.82. The monoisotopic (exact) mass is 257 g/mol. The van der Waals surface area contributed by atoms with Crippen LogP contribution in [-0.4, -0.2) is 19.2 Å². The van der Waals surface area contributed by atoms with Gasteiger partial charge in [0, 0.05) is 11.1 Å². The Morgan fingerprint density at radius 3 is 2.88 bits per heavy atom. The van der Waals surface area contributed by atoms with E-state index < -0.39 is 5.82 Å². The Hall–Kier alpha value is -0.800. The van der Waals surface area contributed by atoms with Gasteiger partial charge in [-0.3, -0.25) is 0 Å². The van der Waals surface area contributed by atoms with Crippen LogP contribution in [0, 0.1) is 5.82 Å². The molecule has 17 heavy (non-hydrogen) atoms. The molecule has 0 aromatic heterocycles. The minimum Gasteiger partial charge on any atom is -0.491 e. The zero-order valence-corrected chi connectivity index (χ0v) is 10.5. The molecule has 0 heterocycles. The van der Waals surface area contributed by atoms with Gasteiger partial charge in [-0.05, 0) is 50.4 Å². The minimum atomic E-state index is -0.395. The van der Waals surface area contributed by atoms with Crippen molar-refractivity contribution in [2.75, 3.05) is 13.2 Å². The van der Waals surface area contributed by atoms with E-state index in [-0.39, 0.29) is 5.75 Å². The summed E-state index contributed by atoms with van der Waals surface area (Å²) in [5.41, 5.74) is 0. The Balaban J connectivity index is 1.60. The molecular weight excluding hydrogens is 241 g/mol. The van der Waals surface area contributed by atoms with E-state index in [1.54, 1.807) is 12.1 Å². The first-order chi connectivity index (χ1) is 8.25. The molecule has 1 aromatic rings. The predicted octanol–water partition coefficient (Wildman–Crippen LogP) is 3.39. The molecule has 4 heteroatoms. The molecule has 0 aliphatic heterocycles. The Morgan fingerprint density at radius 1 is 1.35 bits per heavy atom. The van der Waals surface area contributed by atoms with E-state index in [0.29, 0.717) is 11.6 Å². The Morgan fingerprint density at radius 2 is 2.18 bits per heavy atom. The maximum atomic E-state index is 13.3. The standard InChI is InChI=1S/C13H17ClFNO/c14-10-3-6-13(12(15)9-10)17-8-2-1-7-16-11-4-5-11/h3,6,9,11,16H,1-2,4-5,7-8H2. The van der Waals surface area contributed by atoms with Crippen molar-refractivity contribution in [1.29, 1.82) is 0 Å². The molecule has 0 saturated heterocycles. The van der Waals surface area contributed by atoms with Gasteiger partial charge in [-0.15, -0.1) is 0 Å². The van der Waals surface area contributed by atoms with Gasteiger partial charge in [-0.2, -0.15) is 0 Å². The van der Waals surface area contributed by atoms with Crippen molar-refractivity contribution in [3.05, 3.63) is 29.0 Å². The van der Waals surface area contributed by atoms with Crippen LogP contribution >= 0.6 is 11.6 Å². The largest absolute Gasteiger partial charge is 0.491 e. The lowest BCUT2D eigenvalue weighted by atomic mass is 10.3. The number of benzene rings is 1. The first-order valence-corrected chi connectivity index (χ1v) is 6.45. The van der Waals surface area contributed by atoms with E-state index in [0.717, 1.165) is 25.4 Å². The van der Waals surface area contributed by atoms with Crippen LogP contribution in [-0.2, 0) is 0 Å². The lowest BCUT2D eigenvalue weighted by Crippen LogP contribution is -2.17. The van der Waals surface area contributed by atoms with Crippen LogP contribution in [0.4, 0.5) is 4.39 Å². The highest BCUT2D eigenvalue weighted by molar-refractivity contribution is 6.30.